The quantitative estimate of drug-likeness (QED) is 0.684. The van der Waals surface area contributed by atoms with E-state index in [0.29, 0.717) is 5.88 Å². The zero-order valence-electron chi connectivity index (χ0n) is 8.55. The van der Waals surface area contributed by atoms with Crippen LogP contribution in [0.15, 0.2) is 6.20 Å². The van der Waals surface area contributed by atoms with Gasteiger partial charge >= 0.3 is 0 Å². The van der Waals surface area contributed by atoms with Gasteiger partial charge in [-0.05, 0) is 19.3 Å². The summed E-state index contributed by atoms with van der Waals surface area (Å²) in [5.74, 6) is 1.29. The van der Waals surface area contributed by atoms with Crippen molar-refractivity contribution in [2.24, 2.45) is 5.92 Å². The molecule has 0 radical (unpaired) electrons. The highest BCUT2D eigenvalue weighted by molar-refractivity contribution is 6.17. The summed E-state index contributed by atoms with van der Waals surface area (Å²) >= 11 is 5.75. The minimum absolute atomic E-state index is 0.563. The summed E-state index contributed by atoms with van der Waals surface area (Å²) in [5.41, 5.74) is 2.35. The van der Waals surface area contributed by atoms with Crippen molar-refractivity contribution in [3.8, 4) is 0 Å². The summed E-state index contributed by atoms with van der Waals surface area (Å²) in [6.07, 6.45) is 3.03. The highest BCUT2D eigenvalue weighted by Crippen LogP contribution is 2.11. The Kier molecular flexibility index (Phi) is 3.79. The third kappa shape index (κ3) is 2.73. The lowest BCUT2D eigenvalue weighted by atomic mass is 10.1. The summed E-state index contributed by atoms with van der Waals surface area (Å²) in [5, 5.41) is 4.29. The van der Waals surface area contributed by atoms with Crippen LogP contribution in [0.1, 0.15) is 31.5 Å². The molecular weight excluding hydrogens is 184 g/mol. The summed E-state index contributed by atoms with van der Waals surface area (Å²) in [6.45, 7) is 7.52. The zero-order chi connectivity index (χ0) is 9.84. The van der Waals surface area contributed by atoms with Gasteiger partial charge in [-0.25, -0.2) is 0 Å². The average molecular weight is 201 g/mol. The van der Waals surface area contributed by atoms with Gasteiger partial charge in [0.25, 0.3) is 0 Å². The second-order valence-electron chi connectivity index (χ2n) is 3.79. The molecule has 0 aliphatic rings. The first-order chi connectivity index (χ1) is 6.15. The molecule has 1 rings (SSSR count). The molecule has 0 amide bonds. The summed E-state index contributed by atoms with van der Waals surface area (Å²) in [7, 11) is 0. The lowest BCUT2D eigenvalue weighted by Crippen LogP contribution is -2.05. The zero-order valence-corrected chi connectivity index (χ0v) is 9.30. The van der Waals surface area contributed by atoms with Crippen molar-refractivity contribution in [2.45, 2.75) is 39.6 Å². The first-order valence-corrected chi connectivity index (χ1v) is 5.25. The van der Waals surface area contributed by atoms with Gasteiger partial charge in [0, 0.05) is 17.8 Å². The Morgan fingerprint density at radius 3 is 2.69 bits per heavy atom. The number of aryl methyl sites for hydroxylation is 1. The molecule has 0 saturated heterocycles. The number of nitrogens with zero attached hydrogens (tertiary/aromatic N) is 2. The Bertz CT molecular complexity index is 266. The van der Waals surface area contributed by atoms with E-state index in [2.05, 4.69) is 25.9 Å². The Balaban J connectivity index is 2.62. The van der Waals surface area contributed by atoms with Gasteiger partial charge in [0.05, 0.1) is 12.1 Å². The Hall–Kier alpha value is -0.500. The Morgan fingerprint density at radius 1 is 1.54 bits per heavy atom. The molecule has 0 aliphatic heterocycles. The van der Waals surface area contributed by atoms with Gasteiger partial charge in [-0.2, -0.15) is 5.10 Å². The van der Waals surface area contributed by atoms with Gasteiger partial charge in [-0.15, -0.1) is 11.6 Å². The third-order valence-electron chi connectivity index (χ3n) is 2.27. The van der Waals surface area contributed by atoms with Crippen LogP contribution in [0.3, 0.4) is 0 Å². The Morgan fingerprint density at radius 2 is 2.23 bits per heavy atom. The first kappa shape index (κ1) is 10.6. The fraction of sp³-hybridized carbons (Fsp3) is 0.700. The van der Waals surface area contributed by atoms with Crippen molar-refractivity contribution < 1.29 is 0 Å². The molecule has 0 bridgehead atoms. The molecule has 1 aromatic heterocycles. The molecule has 0 spiro atoms. The van der Waals surface area contributed by atoms with E-state index in [9.17, 15) is 0 Å². The molecule has 0 aromatic carbocycles. The van der Waals surface area contributed by atoms with Crippen molar-refractivity contribution in [1.29, 1.82) is 0 Å². The van der Waals surface area contributed by atoms with Gasteiger partial charge in [0.1, 0.15) is 0 Å². The molecule has 2 nitrogen and oxygen atoms in total. The van der Waals surface area contributed by atoms with E-state index < -0.39 is 0 Å². The van der Waals surface area contributed by atoms with E-state index >= 15 is 0 Å². The minimum atomic E-state index is 0.563. The number of aromatic nitrogens is 2. The second kappa shape index (κ2) is 4.66. The van der Waals surface area contributed by atoms with E-state index in [0.717, 1.165) is 18.0 Å². The highest BCUT2D eigenvalue weighted by Gasteiger charge is 2.05. The maximum absolute atomic E-state index is 5.75. The van der Waals surface area contributed by atoms with Gasteiger partial charge in [-0.1, -0.05) is 13.8 Å². The monoisotopic (exact) mass is 200 g/mol. The van der Waals surface area contributed by atoms with Gasteiger partial charge in [0.2, 0.25) is 0 Å². The number of rotatable bonds is 4. The normalized spacial score (nSPS) is 11.2. The molecule has 0 atom stereocenters. The highest BCUT2D eigenvalue weighted by atomic mass is 35.5. The molecule has 0 fully saturated rings. The standard InChI is InChI=1S/C10H17ClN2/c1-8(2)4-5-13-9(3)10(6-11)7-12-13/h7-8H,4-6H2,1-3H3. The van der Waals surface area contributed by atoms with E-state index in [1.54, 1.807) is 0 Å². The van der Waals surface area contributed by atoms with Crippen LogP contribution >= 0.6 is 11.6 Å². The third-order valence-corrected chi connectivity index (χ3v) is 2.56. The topological polar surface area (TPSA) is 17.8 Å². The number of halogens is 1. The lowest BCUT2D eigenvalue weighted by molar-refractivity contribution is 0.480. The molecule has 0 aliphatic carbocycles. The van der Waals surface area contributed by atoms with Crippen LogP contribution in [-0.4, -0.2) is 9.78 Å². The van der Waals surface area contributed by atoms with Crippen LogP contribution < -0.4 is 0 Å². The maximum atomic E-state index is 5.75. The molecule has 3 heteroatoms. The molecule has 1 heterocycles. The van der Waals surface area contributed by atoms with E-state index in [1.807, 2.05) is 10.9 Å². The van der Waals surface area contributed by atoms with Crippen LogP contribution in [0.2, 0.25) is 0 Å². The van der Waals surface area contributed by atoms with E-state index in [-0.39, 0.29) is 0 Å². The molecule has 13 heavy (non-hydrogen) atoms. The Labute approximate surface area is 84.9 Å². The van der Waals surface area contributed by atoms with Crippen molar-refractivity contribution in [3.05, 3.63) is 17.5 Å². The molecule has 0 unspecified atom stereocenters. The van der Waals surface area contributed by atoms with Crippen molar-refractivity contribution in [2.75, 3.05) is 0 Å². The summed E-state index contributed by atoms with van der Waals surface area (Å²) in [4.78, 5) is 0. The number of alkyl halides is 1. The molecule has 74 valence electrons. The summed E-state index contributed by atoms with van der Waals surface area (Å²) < 4.78 is 2.04. The fourth-order valence-corrected chi connectivity index (χ4v) is 1.48. The van der Waals surface area contributed by atoms with Crippen molar-refractivity contribution in [3.63, 3.8) is 0 Å². The van der Waals surface area contributed by atoms with Crippen LogP contribution in [-0.2, 0) is 12.4 Å². The smallest absolute Gasteiger partial charge is 0.0536 e. The predicted octanol–water partition coefficient (Wildman–Crippen LogP) is 2.98. The van der Waals surface area contributed by atoms with Gasteiger partial charge in [-0.3, -0.25) is 4.68 Å². The minimum Gasteiger partial charge on any atom is -0.270 e. The van der Waals surface area contributed by atoms with E-state index in [1.165, 1.54) is 12.1 Å². The maximum Gasteiger partial charge on any atom is 0.0536 e. The predicted molar refractivity (Wildman–Crippen MR) is 56.0 cm³/mol. The second-order valence-corrected chi connectivity index (χ2v) is 4.06. The molecular formula is C10H17ClN2. The summed E-state index contributed by atoms with van der Waals surface area (Å²) in [6, 6.07) is 0. The fourth-order valence-electron chi connectivity index (χ4n) is 1.22. The largest absolute Gasteiger partial charge is 0.270 e. The number of hydrogen-bond acceptors (Lipinski definition) is 1. The van der Waals surface area contributed by atoms with Crippen LogP contribution in [0.5, 0.6) is 0 Å². The van der Waals surface area contributed by atoms with Gasteiger partial charge < -0.3 is 0 Å². The lowest BCUT2D eigenvalue weighted by Gasteiger charge is -2.06. The van der Waals surface area contributed by atoms with Crippen molar-refractivity contribution in [1.82, 2.24) is 9.78 Å². The molecule has 0 saturated carbocycles. The molecule has 0 N–H and O–H groups in total. The SMILES string of the molecule is Cc1c(CCl)cnn1CCC(C)C. The molecule has 1 aromatic rings. The first-order valence-electron chi connectivity index (χ1n) is 4.72. The number of hydrogen-bond donors (Lipinski definition) is 0. The van der Waals surface area contributed by atoms with Crippen LogP contribution in [0.25, 0.3) is 0 Å². The van der Waals surface area contributed by atoms with Crippen molar-refractivity contribution >= 4 is 11.6 Å². The van der Waals surface area contributed by atoms with E-state index in [4.69, 9.17) is 11.6 Å². The van der Waals surface area contributed by atoms with Crippen LogP contribution in [0, 0.1) is 12.8 Å². The van der Waals surface area contributed by atoms with Gasteiger partial charge in [0.15, 0.2) is 0 Å². The van der Waals surface area contributed by atoms with Crippen LogP contribution in [0.4, 0.5) is 0 Å². The average Bonchev–Trinajstić information content (AvgIpc) is 2.43.